The molecule has 12 heavy (non-hydrogen) atoms. The van der Waals surface area contributed by atoms with Crippen LogP contribution in [0, 0.1) is 0 Å². The molecule has 1 unspecified atom stereocenters. The third-order valence-electron chi connectivity index (χ3n) is 2.16. The van der Waals surface area contributed by atoms with E-state index in [0.29, 0.717) is 11.9 Å². The zero-order valence-corrected chi connectivity index (χ0v) is 7.91. The minimum absolute atomic E-state index is 0.393. The zero-order valence-electron chi connectivity index (χ0n) is 7.91. The van der Waals surface area contributed by atoms with Crippen molar-refractivity contribution in [1.82, 2.24) is 15.0 Å². The normalized spacial score (nSPS) is 13.2. The third kappa shape index (κ3) is 1.42. The first-order valence-electron chi connectivity index (χ1n) is 4.40. The number of aromatic nitrogens is 3. The Morgan fingerprint density at radius 2 is 2.17 bits per heavy atom. The van der Waals surface area contributed by atoms with Crippen molar-refractivity contribution in [3.8, 4) is 0 Å². The Labute approximate surface area is 72.8 Å². The van der Waals surface area contributed by atoms with Gasteiger partial charge in [-0.15, -0.1) is 5.10 Å². The van der Waals surface area contributed by atoms with E-state index in [4.69, 9.17) is 5.73 Å². The topological polar surface area (TPSA) is 56.7 Å². The zero-order chi connectivity index (χ0) is 9.14. The minimum Gasteiger partial charge on any atom is -0.381 e. The van der Waals surface area contributed by atoms with E-state index in [2.05, 4.69) is 31.1 Å². The van der Waals surface area contributed by atoms with Crippen LogP contribution in [0.25, 0.3) is 0 Å². The fourth-order valence-electron chi connectivity index (χ4n) is 1.20. The SMILES string of the molecule is CCc1c(N)nnn1C(C)CC. The highest BCUT2D eigenvalue weighted by Gasteiger charge is 2.11. The van der Waals surface area contributed by atoms with Gasteiger partial charge in [-0.3, -0.25) is 0 Å². The van der Waals surface area contributed by atoms with Gasteiger partial charge in [0.25, 0.3) is 0 Å². The Balaban J connectivity index is 2.98. The molecule has 1 atom stereocenters. The number of anilines is 1. The number of nitrogens with zero attached hydrogens (tertiary/aromatic N) is 3. The molecule has 68 valence electrons. The predicted octanol–water partition coefficient (Wildman–Crippen LogP) is 1.39. The largest absolute Gasteiger partial charge is 0.381 e. The van der Waals surface area contributed by atoms with Crippen molar-refractivity contribution in [3.05, 3.63) is 5.69 Å². The highest BCUT2D eigenvalue weighted by atomic mass is 15.5. The lowest BCUT2D eigenvalue weighted by Gasteiger charge is -2.10. The van der Waals surface area contributed by atoms with Crippen LogP contribution >= 0.6 is 0 Å². The Hall–Kier alpha value is -1.06. The van der Waals surface area contributed by atoms with Gasteiger partial charge in [-0.2, -0.15) is 0 Å². The van der Waals surface area contributed by atoms with Gasteiger partial charge in [0.15, 0.2) is 5.82 Å². The Kier molecular flexibility index (Phi) is 2.68. The highest BCUT2D eigenvalue weighted by molar-refractivity contribution is 5.32. The number of rotatable bonds is 3. The van der Waals surface area contributed by atoms with Crippen LogP contribution in [0.15, 0.2) is 0 Å². The van der Waals surface area contributed by atoms with E-state index in [0.717, 1.165) is 18.5 Å². The van der Waals surface area contributed by atoms with Crippen LogP contribution in [0.4, 0.5) is 5.82 Å². The number of hydrogen-bond acceptors (Lipinski definition) is 3. The molecule has 0 amide bonds. The molecular formula is C8H16N4. The molecule has 0 bridgehead atoms. The summed E-state index contributed by atoms with van der Waals surface area (Å²) in [6, 6.07) is 0.393. The van der Waals surface area contributed by atoms with Gasteiger partial charge in [0.05, 0.1) is 11.7 Å². The molecule has 4 nitrogen and oxygen atoms in total. The molecule has 0 aliphatic rings. The van der Waals surface area contributed by atoms with E-state index < -0.39 is 0 Å². The van der Waals surface area contributed by atoms with E-state index in [1.165, 1.54) is 0 Å². The van der Waals surface area contributed by atoms with Gasteiger partial charge in [-0.1, -0.05) is 19.1 Å². The van der Waals surface area contributed by atoms with Gasteiger partial charge in [-0.05, 0) is 19.8 Å². The minimum atomic E-state index is 0.393. The molecule has 1 aromatic heterocycles. The number of nitrogen functional groups attached to an aromatic ring is 1. The molecular weight excluding hydrogens is 152 g/mol. The highest BCUT2D eigenvalue weighted by Crippen LogP contribution is 2.15. The standard InChI is InChI=1S/C8H16N4/c1-4-6(3)12-7(5-2)8(9)10-11-12/h6H,4-5,9H2,1-3H3. The Morgan fingerprint density at radius 3 is 2.67 bits per heavy atom. The summed E-state index contributed by atoms with van der Waals surface area (Å²) in [5.74, 6) is 0.567. The summed E-state index contributed by atoms with van der Waals surface area (Å²) in [5.41, 5.74) is 6.70. The summed E-state index contributed by atoms with van der Waals surface area (Å²) in [4.78, 5) is 0. The molecule has 0 aromatic carbocycles. The maximum atomic E-state index is 5.65. The Morgan fingerprint density at radius 1 is 1.50 bits per heavy atom. The molecule has 1 rings (SSSR count). The van der Waals surface area contributed by atoms with Gasteiger partial charge in [-0.25, -0.2) is 4.68 Å². The van der Waals surface area contributed by atoms with Gasteiger partial charge < -0.3 is 5.73 Å². The van der Waals surface area contributed by atoms with Crippen molar-refractivity contribution in [1.29, 1.82) is 0 Å². The van der Waals surface area contributed by atoms with Gasteiger partial charge in [0, 0.05) is 0 Å². The van der Waals surface area contributed by atoms with Crippen molar-refractivity contribution in [3.63, 3.8) is 0 Å². The average molecular weight is 168 g/mol. The molecule has 0 saturated carbocycles. The van der Waals surface area contributed by atoms with Crippen LogP contribution in [-0.4, -0.2) is 15.0 Å². The first-order chi connectivity index (χ1) is 5.70. The van der Waals surface area contributed by atoms with Crippen LogP contribution in [-0.2, 0) is 6.42 Å². The predicted molar refractivity (Wildman–Crippen MR) is 48.8 cm³/mol. The fraction of sp³-hybridized carbons (Fsp3) is 0.750. The molecule has 1 aromatic rings. The second kappa shape index (κ2) is 3.56. The van der Waals surface area contributed by atoms with Crippen molar-refractivity contribution in [2.45, 2.75) is 39.7 Å². The van der Waals surface area contributed by atoms with Crippen molar-refractivity contribution in [2.24, 2.45) is 0 Å². The van der Waals surface area contributed by atoms with Gasteiger partial charge >= 0.3 is 0 Å². The van der Waals surface area contributed by atoms with Crippen LogP contribution < -0.4 is 5.73 Å². The second-order valence-electron chi connectivity index (χ2n) is 2.98. The first-order valence-corrected chi connectivity index (χ1v) is 4.40. The Bertz CT molecular complexity index is 254. The van der Waals surface area contributed by atoms with Crippen molar-refractivity contribution >= 4 is 5.82 Å². The fourth-order valence-corrected chi connectivity index (χ4v) is 1.20. The van der Waals surface area contributed by atoms with Crippen molar-refractivity contribution < 1.29 is 0 Å². The summed E-state index contributed by atoms with van der Waals surface area (Å²) in [6.07, 6.45) is 1.94. The van der Waals surface area contributed by atoms with Gasteiger partial charge in [0.1, 0.15) is 0 Å². The summed E-state index contributed by atoms with van der Waals surface area (Å²) in [7, 11) is 0. The molecule has 1 heterocycles. The lowest BCUT2D eigenvalue weighted by atomic mass is 10.2. The van der Waals surface area contributed by atoms with Crippen LogP contribution in [0.2, 0.25) is 0 Å². The molecule has 0 aliphatic heterocycles. The van der Waals surface area contributed by atoms with Crippen LogP contribution in [0.3, 0.4) is 0 Å². The van der Waals surface area contributed by atoms with Crippen molar-refractivity contribution in [2.75, 3.05) is 5.73 Å². The smallest absolute Gasteiger partial charge is 0.169 e. The van der Waals surface area contributed by atoms with E-state index in [-0.39, 0.29) is 0 Å². The third-order valence-corrected chi connectivity index (χ3v) is 2.16. The lowest BCUT2D eigenvalue weighted by molar-refractivity contribution is 0.450. The molecule has 0 saturated heterocycles. The quantitative estimate of drug-likeness (QED) is 0.742. The molecule has 0 aliphatic carbocycles. The van der Waals surface area contributed by atoms with Crippen LogP contribution in [0.5, 0.6) is 0 Å². The molecule has 0 radical (unpaired) electrons. The summed E-state index contributed by atoms with van der Waals surface area (Å²) >= 11 is 0. The average Bonchev–Trinajstić information content (AvgIpc) is 2.45. The van der Waals surface area contributed by atoms with Gasteiger partial charge in [0.2, 0.25) is 0 Å². The van der Waals surface area contributed by atoms with Crippen LogP contribution in [0.1, 0.15) is 38.9 Å². The second-order valence-corrected chi connectivity index (χ2v) is 2.98. The molecule has 4 heteroatoms. The number of nitrogens with two attached hydrogens (primary N) is 1. The lowest BCUT2D eigenvalue weighted by Crippen LogP contribution is -2.09. The summed E-state index contributed by atoms with van der Waals surface area (Å²) in [5, 5.41) is 7.85. The maximum Gasteiger partial charge on any atom is 0.169 e. The van der Waals surface area contributed by atoms with E-state index in [9.17, 15) is 0 Å². The maximum absolute atomic E-state index is 5.65. The molecule has 0 spiro atoms. The monoisotopic (exact) mass is 168 g/mol. The first kappa shape index (κ1) is 9.03. The summed E-state index contributed by atoms with van der Waals surface area (Å²) < 4.78 is 1.91. The van der Waals surface area contributed by atoms with E-state index in [1.54, 1.807) is 0 Å². The van der Waals surface area contributed by atoms with E-state index in [1.807, 2.05) is 4.68 Å². The van der Waals surface area contributed by atoms with E-state index >= 15 is 0 Å². The molecule has 0 fully saturated rings. The number of hydrogen-bond donors (Lipinski definition) is 1. The summed E-state index contributed by atoms with van der Waals surface area (Å²) in [6.45, 7) is 6.31. The molecule has 2 N–H and O–H groups in total.